The Morgan fingerprint density at radius 3 is 2.21 bits per heavy atom. The summed E-state index contributed by atoms with van der Waals surface area (Å²) in [6.07, 6.45) is -0.298. The van der Waals surface area contributed by atoms with Gasteiger partial charge in [0.25, 0.3) is 21.8 Å². The van der Waals surface area contributed by atoms with Gasteiger partial charge in [-0.25, -0.2) is 22.8 Å². The second-order valence-corrected chi connectivity index (χ2v) is 10.7. The fraction of sp³-hybridized carbons (Fsp3) is 0.200. The number of amides is 2. The summed E-state index contributed by atoms with van der Waals surface area (Å²) in [6.45, 7) is 6.80. The first-order valence-corrected chi connectivity index (χ1v) is 13.2. The molecule has 2 aromatic carbocycles. The lowest BCUT2D eigenvalue weighted by Crippen LogP contribution is -2.32. The van der Waals surface area contributed by atoms with E-state index in [1.165, 1.54) is 48.5 Å². The Balaban J connectivity index is 1.48. The Morgan fingerprint density at radius 1 is 1.03 bits per heavy atom. The van der Waals surface area contributed by atoms with E-state index in [9.17, 15) is 22.8 Å². The maximum atomic E-state index is 13.0. The molecule has 38 heavy (non-hydrogen) atoms. The van der Waals surface area contributed by atoms with E-state index in [4.69, 9.17) is 20.9 Å². The molecule has 2 heterocycles. The largest absolute Gasteiger partial charge is 0.459 e. The second kappa shape index (κ2) is 10.3. The van der Waals surface area contributed by atoms with Crippen molar-refractivity contribution in [2.24, 2.45) is 0 Å². The molecule has 198 valence electrons. The number of ether oxygens (including phenoxy) is 1. The van der Waals surface area contributed by atoms with Gasteiger partial charge in [-0.15, -0.1) is 0 Å². The summed E-state index contributed by atoms with van der Waals surface area (Å²) >= 11 is 6.18. The van der Waals surface area contributed by atoms with E-state index < -0.39 is 27.8 Å². The Labute approximate surface area is 223 Å². The van der Waals surface area contributed by atoms with Crippen LogP contribution in [-0.4, -0.2) is 37.5 Å². The lowest BCUT2D eigenvalue weighted by molar-refractivity contribution is -0.120. The Kier molecular flexibility index (Phi) is 7.29. The quantitative estimate of drug-likeness (QED) is 0.308. The molecule has 0 radical (unpaired) electrons. The normalized spacial score (nSPS) is 13.9. The van der Waals surface area contributed by atoms with E-state index in [1.807, 2.05) is 0 Å². The number of anilines is 3. The summed E-state index contributed by atoms with van der Waals surface area (Å²) < 4.78 is 37.9. The number of carbonyl (C=O) groups excluding carboxylic acids is 3. The molecular formula is C25H23ClN4O7S. The lowest BCUT2D eigenvalue weighted by atomic mass is 10.2. The van der Waals surface area contributed by atoms with Crippen LogP contribution in [0.1, 0.15) is 35.5 Å². The molecule has 2 amide bonds. The maximum Gasteiger partial charge on any atom is 0.338 e. The van der Waals surface area contributed by atoms with Gasteiger partial charge in [0.2, 0.25) is 5.88 Å². The number of halogens is 1. The number of hydrogen-bond donors (Lipinski definition) is 2. The molecule has 0 aliphatic carbocycles. The molecule has 1 aliphatic heterocycles. The van der Waals surface area contributed by atoms with Crippen molar-refractivity contribution in [2.75, 3.05) is 14.9 Å². The van der Waals surface area contributed by atoms with Crippen molar-refractivity contribution >= 4 is 56.7 Å². The maximum absolute atomic E-state index is 13.0. The number of aromatic nitrogens is 1. The molecule has 0 saturated carbocycles. The molecule has 1 aliphatic rings. The molecule has 0 fully saturated rings. The van der Waals surface area contributed by atoms with Crippen molar-refractivity contribution in [2.45, 2.75) is 38.7 Å². The van der Waals surface area contributed by atoms with Gasteiger partial charge >= 0.3 is 5.97 Å². The molecule has 1 aromatic heterocycles. The van der Waals surface area contributed by atoms with E-state index in [-0.39, 0.29) is 38.9 Å². The number of sulfonamides is 1. The van der Waals surface area contributed by atoms with Gasteiger partial charge in [-0.2, -0.15) is 0 Å². The number of hydrogen-bond acceptors (Lipinski definition) is 9. The highest BCUT2D eigenvalue weighted by atomic mass is 35.5. The van der Waals surface area contributed by atoms with Crippen LogP contribution in [0.4, 0.5) is 17.3 Å². The number of aryl methyl sites for hydroxylation is 1. The fourth-order valence-electron chi connectivity index (χ4n) is 3.43. The highest BCUT2D eigenvalue weighted by Gasteiger charge is 2.39. The zero-order valence-electron chi connectivity index (χ0n) is 20.7. The molecule has 11 nitrogen and oxygen atoms in total. The minimum absolute atomic E-state index is 0.0154. The van der Waals surface area contributed by atoms with Gasteiger partial charge in [-0.3, -0.25) is 9.59 Å². The summed E-state index contributed by atoms with van der Waals surface area (Å²) in [5, 5.41) is 6.16. The van der Waals surface area contributed by atoms with Crippen LogP contribution in [0.3, 0.4) is 0 Å². The SMILES string of the molecule is Cc1noc(NS(=O)(=O)c2ccc(NC3=C(Cl)C(=O)N(c4ccc(C(=O)OC(C)C)cc4)C3=O)cc2)c1C. The van der Waals surface area contributed by atoms with Crippen molar-refractivity contribution in [3.63, 3.8) is 0 Å². The van der Waals surface area contributed by atoms with Crippen LogP contribution in [0.25, 0.3) is 0 Å². The monoisotopic (exact) mass is 558 g/mol. The molecule has 4 rings (SSSR count). The predicted octanol–water partition coefficient (Wildman–Crippen LogP) is 4.09. The summed E-state index contributed by atoms with van der Waals surface area (Å²) in [4.78, 5) is 38.7. The van der Waals surface area contributed by atoms with Crippen LogP contribution in [0, 0.1) is 13.8 Å². The smallest absolute Gasteiger partial charge is 0.338 e. The molecule has 2 N–H and O–H groups in total. The molecular weight excluding hydrogens is 536 g/mol. The van der Waals surface area contributed by atoms with Gasteiger partial charge in [-0.05, 0) is 76.2 Å². The number of imide groups is 1. The summed E-state index contributed by atoms with van der Waals surface area (Å²) in [5.74, 6) is -1.98. The van der Waals surface area contributed by atoms with Crippen molar-refractivity contribution < 1.29 is 32.1 Å². The third-order valence-corrected chi connectivity index (χ3v) is 7.25. The fourth-order valence-corrected chi connectivity index (χ4v) is 4.69. The Bertz CT molecular complexity index is 1560. The molecule has 0 atom stereocenters. The highest BCUT2D eigenvalue weighted by molar-refractivity contribution is 7.92. The van der Waals surface area contributed by atoms with E-state index in [0.29, 0.717) is 16.9 Å². The molecule has 3 aromatic rings. The van der Waals surface area contributed by atoms with Crippen LogP contribution in [0.2, 0.25) is 0 Å². The van der Waals surface area contributed by atoms with Crippen LogP contribution < -0.4 is 14.9 Å². The van der Waals surface area contributed by atoms with Gasteiger partial charge in [0, 0.05) is 11.3 Å². The van der Waals surface area contributed by atoms with Crippen molar-refractivity contribution in [1.82, 2.24) is 5.16 Å². The Hall–Kier alpha value is -4.16. The van der Waals surface area contributed by atoms with Crippen molar-refractivity contribution in [3.8, 4) is 0 Å². The average Bonchev–Trinajstić information content (AvgIpc) is 3.28. The molecule has 0 unspecified atom stereocenters. The summed E-state index contributed by atoms with van der Waals surface area (Å²) in [6, 6.07) is 11.2. The first-order chi connectivity index (χ1) is 17.9. The molecule has 0 saturated heterocycles. The summed E-state index contributed by atoms with van der Waals surface area (Å²) in [5.41, 5.74) is 1.73. The number of esters is 1. The first kappa shape index (κ1) is 26.9. The Morgan fingerprint density at radius 2 is 1.66 bits per heavy atom. The van der Waals surface area contributed by atoms with Crippen molar-refractivity contribution in [3.05, 3.63) is 76.1 Å². The standard InChI is InChI=1S/C25H23ClN4O7S/c1-13(2)36-25(33)16-5-9-18(10-6-16)30-23(31)20(26)21(24(30)32)27-17-7-11-19(12-8-17)38(34,35)29-22-14(3)15(4)28-37-22/h5-13,27,29H,1-4H3. The lowest BCUT2D eigenvalue weighted by Gasteiger charge is -2.16. The minimum Gasteiger partial charge on any atom is -0.459 e. The third kappa shape index (κ3) is 5.27. The van der Waals surface area contributed by atoms with Gasteiger partial charge < -0.3 is 14.6 Å². The van der Waals surface area contributed by atoms with Gasteiger partial charge in [0.1, 0.15) is 10.7 Å². The van der Waals surface area contributed by atoms with Crippen LogP contribution >= 0.6 is 11.6 Å². The second-order valence-electron chi connectivity index (χ2n) is 8.61. The molecule has 0 spiro atoms. The van der Waals surface area contributed by atoms with Crippen LogP contribution in [-0.2, 0) is 24.3 Å². The zero-order chi connectivity index (χ0) is 27.8. The zero-order valence-corrected chi connectivity index (χ0v) is 22.3. The van der Waals surface area contributed by atoms with E-state index in [0.717, 1.165) is 4.90 Å². The predicted molar refractivity (Wildman–Crippen MR) is 139 cm³/mol. The van der Waals surface area contributed by atoms with Crippen LogP contribution in [0.15, 0.2) is 68.7 Å². The van der Waals surface area contributed by atoms with Crippen LogP contribution in [0.5, 0.6) is 0 Å². The van der Waals surface area contributed by atoms with Gasteiger partial charge in [0.05, 0.1) is 27.9 Å². The number of nitrogens with zero attached hydrogens (tertiary/aromatic N) is 2. The van der Waals surface area contributed by atoms with Gasteiger partial charge in [-0.1, -0.05) is 16.8 Å². The molecule has 0 bridgehead atoms. The number of benzene rings is 2. The topological polar surface area (TPSA) is 148 Å². The highest BCUT2D eigenvalue weighted by Crippen LogP contribution is 2.31. The van der Waals surface area contributed by atoms with E-state index in [2.05, 4.69) is 15.2 Å². The molecule has 13 heteroatoms. The summed E-state index contributed by atoms with van der Waals surface area (Å²) in [7, 11) is -3.97. The van der Waals surface area contributed by atoms with E-state index >= 15 is 0 Å². The number of carbonyl (C=O) groups is 3. The third-order valence-electron chi connectivity index (χ3n) is 5.55. The number of nitrogens with one attached hydrogen (secondary N) is 2. The number of rotatable bonds is 8. The van der Waals surface area contributed by atoms with Crippen molar-refractivity contribution in [1.29, 1.82) is 0 Å². The van der Waals surface area contributed by atoms with E-state index in [1.54, 1.807) is 27.7 Å². The average molecular weight is 559 g/mol. The van der Waals surface area contributed by atoms with Gasteiger partial charge in [0.15, 0.2) is 0 Å². The first-order valence-electron chi connectivity index (χ1n) is 11.3. The minimum atomic E-state index is -3.97.